The lowest BCUT2D eigenvalue weighted by molar-refractivity contribution is -0.124. The lowest BCUT2D eigenvalue weighted by Crippen LogP contribution is -2.53. The van der Waals surface area contributed by atoms with Crippen LogP contribution >= 0.6 is 12.6 Å². The standard InChI is InChI=1S/C13H28N2OS/c1-4-5-6-7-8-9-10-15-12(16)13(14,17)11(2)3/h11,17H,4-10,14H2,1-3H3,(H,15,16). The van der Waals surface area contributed by atoms with E-state index in [1.165, 1.54) is 32.1 Å². The van der Waals surface area contributed by atoms with E-state index in [-0.39, 0.29) is 11.8 Å². The van der Waals surface area contributed by atoms with Crippen LogP contribution in [0.25, 0.3) is 0 Å². The van der Waals surface area contributed by atoms with Crippen molar-refractivity contribution in [2.45, 2.75) is 64.2 Å². The molecule has 1 unspecified atom stereocenters. The second-order valence-corrected chi connectivity index (χ2v) is 5.74. The van der Waals surface area contributed by atoms with E-state index in [9.17, 15) is 4.79 Å². The van der Waals surface area contributed by atoms with Crippen LogP contribution < -0.4 is 11.1 Å². The molecule has 17 heavy (non-hydrogen) atoms. The summed E-state index contributed by atoms with van der Waals surface area (Å²) in [5, 5.41) is 2.85. The number of rotatable bonds is 9. The van der Waals surface area contributed by atoms with Gasteiger partial charge in [0.2, 0.25) is 0 Å². The molecule has 0 saturated heterocycles. The van der Waals surface area contributed by atoms with Gasteiger partial charge in [0.25, 0.3) is 5.91 Å². The van der Waals surface area contributed by atoms with Crippen molar-refractivity contribution >= 4 is 18.5 Å². The molecule has 0 aliphatic rings. The maximum absolute atomic E-state index is 11.7. The van der Waals surface area contributed by atoms with Crippen LogP contribution in [-0.2, 0) is 4.79 Å². The van der Waals surface area contributed by atoms with Crippen molar-refractivity contribution in [1.82, 2.24) is 5.32 Å². The Labute approximate surface area is 111 Å². The Bertz CT molecular complexity index is 217. The third kappa shape index (κ3) is 6.94. The van der Waals surface area contributed by atoms with Crippen LogP contribution in [0.1, 0.15) is 59.3 Å². The minimum Gasteiger partial charge on any atom is -0.354 e. The summed E-state index contributed by atoms with van der Waals surface area (Å²) in [4.78, 5) is 10.7. The molecule has 0 rings (SSSR count). The number of nitrogens with one attached hydrogen (secondary N) is 1. The first-order chi connectivity index (χ1) is 7.92. The fourth-order valence-electron chi connectivity index (χ4n) is 1.51. The molecule has 0 bridgehead atoms. The number of carbonyl (C=O) groups is 1. The van der Waals surface area contributed by atoms with Gasteiger partial charge in [-0.15, -0.1) is 12.6 Å². The SMILES string of the molecule is CCCCCCCCNC(=O)C(N)(S)C(C)C. The molecular weight excluding hydrogens is 232 g/mol. The predicted octanol–water partition coefficient (Wildman–Crippen LogP) is 2.70. The summed E-state index contributed by atoms with van der Waals surface area (Å²) in [6.07, 6.45) is 7.32. The first kappa shape index (κ1) is 16.8. The zero-order valence-corrected chi connectivity index (χ0v) is 12.4. The Kier molecular flexibility index (Phi) is 8.70. The molecule has 1 amide bonds. The topological polar surface area (TPSA) is 55.1 Å². The molecule has 0 spiro atoms. The van der Waals surface area contributed by atoms with Crippen molar-refractivity contribution in [2.24, 2.45) is 11.7 Å². The third-order valence-electron chi connectivity index (χ3n) is 3.06. The average molecular weight is 260 g/mol. The van der Waals surface area contributed by atoms with E-state index < -0.39 is 4.87 Å². The van der Waals surface area contributed by atoms with Crippen LogP contribution in [0.4, 0.5) is 0 Å². The normalized spacial score (nSPS) is 14.7. The monoisotopic (exact) mass is 260 g/mol. The van der Waals surface area contributed by atoms with Crippen LogP contribution in [0.15, 0.2) is 0 Å². The Morgan fingerprint density at radius 1 is 1.24 bits per heavy atom. The number of hydrogen-bond donors (Lipinski definition) is 3. The highest BCUT2D eigenvalue weighted by Gasteiger charge is 2.32. The minimum atomic E-state index is -1.05. The molecule has 4 heteroatoms. The van der Waals surface area contributed by atoms with Gasteiger partial charge in [0.15, 0.2) is 0 Å². The molecule has 0 aliphatic heterocycles. The second kappa shape index (κ2) is 8.81. The smallest absolute Gasteiger partial charge is 0.250 e. The molecule has 0 heterocycles. The Hall–Kier alpha value is -0.220. The van der Waals surface area contributed by atoms with E-state index in [2.05, 4.69) is 24.9 Å². The maximum atomic E-state index is 11.7. The summed E-state index contributed by atoms with van der Waals surface area (Å²) >= 11 is 4.21. The molecular formula is C13H28N2OS. The summed E-state index contributed by atoms with van der Waals surface area (Å²) in [6.45, 7) is 6.71. The summed E-state index contributed by atoms with van der Waals surface area (Å²) in [6, 6.07) is 0. The van der Waals surface area contributed by atoms with Gasteiger partial charge in [0.1, 0.15) is 4.87 Å². The van der Waals surface area contributed by atoms with Gasteiger partial charge in [0.05, 0.1) is 0 Å². The maximum Gasteiger partial charge on any atom is 0.250 e. The lowest BCUT2D eigenvalue weighted by atomic mass is 10.0. The largest absolute Gasteiger partial charge is 0.354 e. The Morgan fingerprint density at radius 2 is 1.76 bits per heavy atom. The van der Waals surface area contributed by atoms with E-state index in [1.54, 1.807) is 0 Å². The van der Waals surface area contributed by atoms with Gasteiger partial charge >= 0.3 is 0 Å². The van der Waals surface area contributed by atoms with Gasteiger partial charge in [-0.2, -0.15) is 0 Å². The van der Waals surface area contributed by atoms with Crippen molar-refractivity contribution < 1.29 is 4.79 Å². The second-order valence-electron chi connectivity index (χ2n) is 5.00. The highest BCUT2D eigenvalue weighted by molar-refractivity contribution is 7.82. The fraction of sp³-hybridized carbons (Fsp3) is 0.923. The number of amides is 1. The van der Waals surface area contributed by atoms with Gasteiger partial charge in [-0.05, 0) is 12.3 Å². The highest BCUT2D eigenvalue weighted by atomic mass is 32.1. The van der Waals surface area contributed by atoms with Gasteiger partial charge in [-0.3, -0.25) is 4.79 Å². The summed E-state index contributed by atoms with van der Waals surface area (Å²) < 4.78 is 0. The molecule has 0 aromatic carbocycles. The summed E-state index contributed by atoms with van der Waals surface area (Å²) in [5.41, 5.74) is 5.84. The summed E-state index contributed by atoms with van der Waals surface area (Å²) in [7, 11) is 0. The average Bonchev–Trinajstić information content (AvgIpc) is 2.27. The molecule has 0 saturated carbocycles. The molecule has 3 nitrogen and oxygen atoms in total. The molecule has 0 radical (unpaired) electrons. The fourth-order valence-corrected chi connectivity index (χ4v) is 1.59. The van der Waals surface area contributed by atoms with Crippen molar-refractivity contribution in [3.8, 4) is 0 Å². The molecule has 102 valence electrons. The first-order valence-electron chi connectivity index (χ1n) is 6.72. The van der Waals surface area contributed by atoms with Crippen molar-refractivity contribution in [1.29, 1.82) is 0 Å². The van der Waals surface area contributed by atoms with Crippen LogP contribution in [0.3, 0.4) is 0 Å². The predicted molar refractivity (Wildman–Crippen MR) is 77.1 cm³/mol. The van der Waals surface area contributed by atoms with Crippen LogP contribution in [0.5, 0.6) is 0 Å². The third-order valence-corrected chi connectivity index (χ3v) is 3.78. The number of carbonyl (C=O) groups excluding carboxylic acids is 1. The highest BCUT2D eigenvalue weighted by Crippen LogP contribution is 2.18. The number of unbranched alkanes of at least 4 members (excludes halogenated alkanes) is 5. The van der Waals surface area contributed by atoms with Crippen LogP contribution in [0, 0.1) is 5.92 Å². The quantitative estimate of drug-likeness (QED) is 0.339. The van der Waals surface area contributed by atoms with Crippen molar-refractivity contribution in [2.75, 3.05) is 6.54 Å². The molecule has 0 aliphatic carbocycles. The number of hydrogen-bond acceptors (Lipinski definition) is 3. The molecule has 3 N–H and O–H groups in total. The zero-order valence-electron chi connectivity index (χ0n) is 11.5. The van der Waals surface area contributed by atoms with Gasteiger partial charge in [-0.1, -0.05) is 52.9 Å². The van der Waals surface area contributed by atoms with Gasteiger partial charge in [-0.25, -0.2) is 0 Å². The van der Waals surface area contributed by atoms with E-state index in [0.717, 1.165) is 6.42 Å². The van der Waals surface area contributed by atoms with Crippen molar-refractivity contribution in [3.63, 3.8) is 0 Å². The van der Waals surface area contributed by atoms with E-state index in [1.807, 2.05) is 13.8 Å². The van der Waals surface area contributed by atoms with Crippen molar-refractivity contribution in [3.05, 3.63) is 0 Å². The Balaban J connectivity index is 3.58. The minimum absolute atomic E-state index is 0.0235. The van der Waals surface area contributed by atoms with E-state index in [4.69, 9.17) is 5.73 Å². The van der Waals surface area contributed by atoms with Gasteiger partial charge in [0, 0.05) is 6.54 Å². The van der Waals surface area contributed by atoms with Gasteiger partial charge < -0.3 is 11.1 Å². The Morgan fingerprint density at radius 3 is 2.29 bits per heavy atom. The molecule has 1 atom stereocenters. The van der Waals surface area contributed by atoms with Crippen LogP contribution in [-0.4, -0.2) is 17.3 Å². The number of thiol groups is 1. The molecule has 0 fully saturated rings. The summed E-state index contributed by atoms with van der Waals surface area (Å²) in [5.74, 6) is -0.139. The first-order valence-corrected chi connectivity index (χ1v) is 7.17. The molecule has 0 aromatic heterocycles. The number of nitrogens with two attached hydrogens (primary N) is 1. The molecule has 0 aromatic rings. The zero-order chi connectivity index (χ0) is 13.3. The van der Waals surface area contributed by atoms with E-state index >= 15 is 0 Å². The van der Waals surface area contributed by atoms with E-state index in [0.29, 0.717) is 6.54 Å². The van der Waals surface area contributed by atoms with Crippen LogP contribution in [0.2, 0.25) is 0 Å². The lowest BCUT2D eigenvalue weighted by Gasteiger charge is -2.26.